The standard InChI is InChI=1S/C20H27N5/c1-16-17(2)22-23-19(21-16)25-13-10-20(15-25)8-11-24(12-9-20)14-18-6-4-3-5-7-18/h3-7H,8-15H2,1-2H3. The van der Waals surface area contributed by atoms with E-state index >= 15 is 0 Å². The lowest BCUT2D eigenvalue weighted by Gasteiger charge is -2.39. The maximum atomic E-state index is 4.65. The number of likely N-dealkylation sites (tertiary alicyclic amines) is 1. The van der Waals surface area contributed by atoms with Crippen molar-refractivity contribution in [2.75, 3.05) is 31.1 Å². The molecule has 4 rings (SSSR count). The summed E-state index contributed by atoms with van der Waals surface area (Å²) in [5.41, 5.74) is 3.77. The Labute approximate surface area is 150 Å². The summed E-state index contributed by atoms with van der Waals surface area (Å²) in [4.78, 5) is 9.58. The molecular formula is C20H27N5. The van der Waals surface area contributed by atoms with Gasteiger partial charge in [-0.15, -0.1) is 5.10 Å². The van der Waals surface area contributed by atoms with Crippen LogP contribution in [0, 0.1) is 19.3 Å². The van der Waals surface area contributed by atoms with Crippen LogP contribution < -0.4 is 4.90 Å². The molecule has 5 nitrogen and oxygen atoms in total. The summed E-state index contributed by atoms with van der Waals surface area (Å²) in [5.74, 6) is 0.812. The quantitative estimate of drug-likeness (QED) is 0.861. The second kappa shape index (κ2) is 6.71. The van der Waals surface area contributed by atoms with E-state index in [1.807, 2.05) is 13.8 Å². The van der Waals surface area contributed by atoms with Gasteiger partial charge in [0.25, 0.3) is 0 Å². The third-order valence-electron chi connectivity index (χ3n) is 5.97. The molecule has 1 aromatic carbocycles. The number of rotatable bonds is 3. The molecule has 132 valence electrons. The van der Waals surface area contributed by atoms with Gasteiger partial charge in [0.1, 0.15) is 0 Å². The van der Waals surface area contributed by atoms with Gasteiger partial charge in [-0.3, -0.25) is 4.90 Å². The molecule has 1 aromatic heterocycles. The van der Waals surface area contributed by atoms with Gasteiger partial charge in [0.15, 0.2) is 0 Å². The summed E-state index contributed by atoms with van der Waals surface area (Å²) >= 11 is 0. The Morgan fingerprint density at radius 1 is 0.920 bits per heavy atom. The molecule has 25 heavy (non-hydrogen) atoms. The highest BCUT2D eigenvalue weighted by atomic mass is 15.3. The Morgan fingerprint density at radius 2 is 1.64 bits per heavy atom. The van der Waals surface area contributed by atoms with Crippen LogP contribution in [-0.2, 0) is 6.54 Å². The Hall–Kier alpha value is -2.01. The first-order valence-electron chi connectivity index (χ1n) is 9.33. The maximum absolute atomic E-state index is 4.65. The van der Waals surface area contributed by atoms with Gasteiger partial charge in [-0.2, -0.15) is 5.10 Å². The molecule has 0 unspecified atom stereocenters. The molecule has 0 amide bonds. The van der Waals surface area contributed by atoms with Crippen molar-refractivity contribution in [3.05, 3.63) is 47.3 Å². The van der Waals surface area contributed by atoms with Crippen LogP contribution in [-0.4, -0.2) is 46.3 Å². The number of benzene rings is 1. The van der Waals surface area contributed by atoms with E-state index in [1.54, 1.807) is 0 Å². The molecule has 5 heteroatoms. The smallest absolute Gasteiger partial charge is 0.245 e. The number of nitrogens with zero attached hydrogens (tertiary/aromatic N) is 5. The van der Waals surface area contributed by atoms with Crippen molar-refractivity contribution in [2.24, 2.45) is 5.41 Å². The molecule has 1 spiro atoms. The molecule has 0 N–H and O–H groups in total. The summed E-state index contributed by atoms with van der Waals surface area (Å²) in [6, 6.07) is 10.8. The Balaban J connectivity index is 1.36. The van der Waals surface area contributed by atoms with E-state index < -0.39 is 0 Å². The lowest BCUT2D eigenvalue weighted by molar-refractivity contribution is 0.115. The first-order valence-corrected chi connectivity index (χ1v) is 9.33. The van der Waals surface area contributed by atoms with E-state index in [0.29, 0.717) is 5.41 Å². The van der Waals surface area contributed by atoms with Gasteiger partial charge in [-0.05, 0) is 57.2 Å². The third-order valence-corrected chi connectivity index (χ3v) is 5.97. The van der Waals surface area contributed by atoms with Gasteiger partial charge in [0.05, 0.1) is 11.4 Å². The Morgan fingerprint density at radius 3 is 2.36 bits per heavy atom. The third kappa shape index (κ3) is 3.52. The average Bonchev–Trinajstić information content (AvgIpc) is 3.04. The number of hydrogen-bond donors (Lipinski definition) is 0. The number of aryl methyl sites for hydroxylation is 2. The van der Waals surface area contributed by atoms with Crippen LogP contribution in [0.5, 0.6) is 0 Å². The highest BCUT2D eigenvalue weighted by Crippen LogP contribution is 2.41. The second-order valence-corrected chi connectivity index (χ2v) is 7.72. The molecule has 0 bridgehead atoms. The van der Waals surface area contributed by atoms with E-state index in [0.717, 1.165) is 37.0 Å². The summed E-state index contributed by atoms with van der Waals surface area (Å²) < 4.78 is 0. The summed E-state index contributed by atoms with van der Waals surface area (Å²) in [5, 5.41) is 8.58. The monoisotopic (exact) mass is 337 g/mol. The first-order chi connectivity index (χ1) is 12.1. The van der Waals surface area contributed by atoms with Gasteiger partial charge in [-0.1, -0.05) is 30.3 Å². The molecule has 2 aliphatic rings. The molecule has 2 saturated heterocycles. The fraction of sp³-hybridized carbons (Fsp3) is 0.550. The minimum atomic E-state index is 0.440. The van der Waals surface area contributed by atoms with E-state index in [2.05, 4.69) is 55.3 Å². The zero-order chi connectivity index (χ0) is 17.3. The van der Waals surface area contributed by atoms with Crippen molar-refractivity contribution in [2.45, 2.75) is 39.7 Å². The zero-order valence-corrected chi connectivity index (χ0v) is 15.3. The van der Waals surface area contributed by atoms with Crippen LogP contribution in [0.2, 0.25) is 0 Å². The molecule has 0 radical (unpaired) electrons. The van der Waals surface area contributed by atoms with Crippen LogP contribution in [0.15, 0.2) is 30.3 Å². The summed E-state index contributed by atoms with van der Waals surface area (Å²) in [6.45, 7) is 9.57. The number of anilines is 1. The minimum Gasteiger partial charge on any atom is -0.339 e. The molecule has 2 aliphatic heterocycles. The highest BCUT2D eigenvalue weighted by molar-refractivity contribution is 5.33. The average molecular weight is 337 g/mol. The van der Waals surface area contributed by atoms with Crippen molar-refractivity contribution in [3.63, 3.8) is 0 Å². The molecule has 0 atom stereocenters. The second-order valence-electron chi connectivity index (χ2n) is 7.72. The predicted molar refractivity (Wildman–Crippen MR) is 99.5 cm³/mol. The fourth-order valence-electron chi connectivity index (χ4n) is 4.12. The first kappa shape index (κ1) is 16.5. The Kier molecular flexibility index (Phi) is 4.42. The molecule has 0 aliphatic carbocycles. The summed E-state index contributed by atoms with van der Waals surface area (Å²) in [6.07, 6.45) is 3.80. The van der Waals surface area contributed by atoms with Gasteiger partial charge in [-0.25, -0.2) is 4.98 Å². The van der Waals surface area contributed by atoms with E-state index in [4.69, 9.17) is 0 Å². The van der Waals surface area contributed by atoms with E-state index in [-0.39, 0.29) is 0 Å². The number of piperidine rings is 1. The molecule has 2 fully saturated rings. The number of hydrogen-bond acceptors (Lipinski definition) is 5. The molecule has 0 saturated carbocycles. The lowest BCUT2D eigenvalue weighted by atomic mass is 9.77. The van der Waals surface area contributed by atoms with Crippen LogP contribution in [0.1, 0.15) is 36.2 Å². The SMILES string of the molecule is Cc1nnc(N2CCC3(CCN(Cc4ccccc4)CC3)C2)nc1C. The van der Waals surface area contributed by atoms with Gasteiger partial charge < -0.3 is 4.90 Å². The summed E-state index contributed by atoms with van der Waals surface area (Å²) in [7, 11) is 0. The zero-order valence-electron chi connectivity index (χ0n) is 15.3. The maximum Gasteiger partial charge on any atom is 0.245 e. The van der Waals surface area contributed by atoms with Crippen molar-refractivity contribution in [1.82, 2.24) is 20.1 Å². The van der Waals surface area contributed by atoms with Crippen LogP contribution in [0.4, 0.5) is 5.95 Å². The molecular weight excluding hydrogens is 310 g/mol. The van der Waals surface area contributed by atoms with Crippen molar-refractivity contribution in [1.29, 1.82) is 0 Å². The van der Waals surface area contributed by atoms with Crippen molar-refractivity contribution >= 4 is 5.95 Å². The minimum absolute atomic E-state index is 0.440. The van der Waals surface area contributed by atoms with Gasteiger partial charge >= 0.3 is 0 Å². The van der Waals surface area contributed by atoms with Crippen molar-refractivity contribution in [3.8, 4) is 0 Å². The predicted octanol–water partition coefficient (Wildman–Crippen LogP) is 2.98. The largest absolute Gasteiger partial charge is 0.339 e. The van der Waals surface area contributed by atoms with Crippen LogP contribution >= 0.6 is 0 Å². The molecule has 3 heterocycles. The molecule has 2 aromatic rings. The van der Waals surface area contributed by atoms with Crippen LogP contribution in [0.3, 0.4) is 0 Å². The van der Waals surface area contributed by atoms with E-state index in [1.165, 1.54) is 37.9 Å². The topological polar surface area (TPSA) is 45.2 Å². The fourth-order valence-corrected chi connectivity index (χ4v) is 4.12. The van der Waals surface area contributed by atoms with Gasteiger partial charge in [0.2, 0.25) is 5.95 Å². The number of aromatic nitrogens is 3. The Bertz CT molecular complexity index is 722. The lowest BCUT2D eigenvalue weighted by Crippen LogP contribution is -2.41. The van der Waals surface area contributed by atoms with Crippen LogP contribution in [0.25, 0.3) is 0 Å². The highest BCUT2D eigenvalue weighted by Gasteiger charge is 2.41. The van der Waals surface area contributed by atoms with E-state index in [9.17, 15) is 0 Å². The normalized spacial score (nSPS) is 20.3. The van der Waals surface area contributed by atoms with Crippen molar-refractivity contribution < 1.29 is 0 Å². The van der Waals surface area contributed by atoms with Gasteiger partial charge in [0, 0.05) is 19.6 Å².